The Bertz CT molecular complexity index is 573. The molecule has 106 valence electrons. The number of hydrogen-bond donors (Lipinski definition) is 1. The highest BCUT2D eigenvalue weighted by Gasteiger charge is 2.25. The van der Waals surface area contributed by atoms with E-state index in [1.807, 2.05) is 0 Å². The van der Waals surface area contributed by atoms with Gasteiger partial charge in [-0.15, -0.1) is 0 Å². The average Bonchev–Trinajstić information content (AvgIpc) is 2.32. The maximum absolute atomic E-state index is 13.2. The Morgan fingerprint density at radius 3 is 2.63 bits per heavy atom. The molecule has 0 heterocycles. The maximum Gasteiger partial charge on any atom is 0.243 e. The van der Waals surface area contributed by atoms with Gasteiger partial charge in [0.2, 0.25) is 10.0 Å². The summed E-state index contributed by atoms with van der Waals surface area (Å²) in [4.78, 5) is 0.238. The molecule has 4 nitrogen and oxygen atoms in total. The molecule has 0 fully saturated rings. The smallest absolute Gasteiger partial charge is 0.243 e. The summed E-state index contributed by atoms with van der Waals surface area (Å²) < 4.78 is 39.3. The van der Waals surface area contributed by atoms with Crippen LogP contribution >= 0.6 is 12.2 Å². The van der Waals surface area contributed by atoms with Crippen LogP contribution in [0.3, 0.4) is 0 Å². The normalized spacial score (nSPS) is 11.8. The monoisotopic (exact) mass is 304 g/mol. The van der Waals surface area contributed by atoms with E-state index in [-0.39, 0.29) is 23.0 Å². The van der Waals surface area contributed by atoms with Gasteiger partial charge in [0.1, 0.15) is 5.82 Å². The molecule has 0 amide bonds. The van der Waals surface area contributed by atoms with Gasteiger partial charge < -0.3 is 5.73 Å². The van der Waals surface area contributed by atoms with Gasteiger partial charge in [-0.25, -0.2) is 12.8 Å². The predicted molar refractivity (Wildman–Crippen MR) is 77.0 cm³/mol. The number of halogens is 1. The minimum Gasteiger partial charge on any atom is -0.393 e. The minimum atomic E-state index is -3.72. The second-order valence-corrected chi connectivity index (χ2v) is 6.55. The van der Waals surface area contributed by atoms with E-state index in [0.29, 0.717) is 12.0 Å². The largest absolute Gasteiger partial charge is 0.393 e. The van der Waals surface area contributed by atoms with Crippen LogP contribution in [0.2, 0.25) is 0 Å². The molecule has 0 spiro atoms. The highest BCUT2D eigenvalue weighted by molar-refractivity contribution is 7.89. The van der Waals surface area contributed by atoms with Crippen molar-refractivity contribution < 1.29 is 12.8 Å². The highest BCUT2D eigenvalue weighted by Crippen LogP contribution is 2.21. The van der Waals surface area contributed by atoms with E-state index in [2.05, 4.69) is 0 Å². The van der Waals surface area contributed by atoms with Gasteiger partial charge in [0.25, 0.3) is 0 Å². The molecule has 1 rings (SSSR count). The first-order chi connectivity index (χ1) is 8.78. The topological polar surface area (TPSA) is 63.4 Å². The third-order valence-electron chi connectivity index (χ3n) is 2.73. The van der Waals surface area contributed by atoms with Gasteiger partial charge in [-0.05, 0) is 24.6 Å². The summed E-state index contributed by atoms with van der Waals surface area (Å²) in [6, 6.07) is 3.72. The number of benzene rings is 1. The Hall–Kier alpha value is -1.05. The lowest BCUT2D eigenvalue weighted by Crippen LogP contribution is -2.34. The molecule has 7 heteroatoms. The van der Waals surface area contributed by atoms with Gasteiger partial charge in [0.05, 0.1) is 9.88 Å². The zero-order valence-corrected chi connectivity index (χ0v) is 12.5. The number of thiocarbonyl (C=S) groups is 1. The van der Waals surface area contributed by atoms with Crippen molar-refractivity contribution in [1.29, 1.82) is 0 Å². The lowest BCUT2D eigenvalue weighted by Gasteiger charge is -2.21. The molecule has 0 atom stereocenters. The van der Waals surface area contributed by atoms with Crippen molar-refractivity contribution in [1.82, 2.24) is 4.31 Å². The lowest BCUT2D eigenvalue weighted by molar-refractivity contribution is 0.436. The summed E-state index contributed by atoms with van der Waals surface area (Å²) in [5.74, 6) is -0.574. The standard InChI is InChI=1S/C12H17FN2O2S2/c1-3-15(7-6-12(14)18)19(16,17)11-8-10(13)5-4-9(11)2/h4-5,8H,3,6-7H2,1-2H3,(H2,14,18). The van der Waals surface area contributed by atoms with E-state index < -0.39 is 15.8 Å². The fraction of sp³-hybridized carbons (Fsp3) is 0.417. The van der Waals surface area contributed by atoms with Crippen LogP contribution in [0.4, 0.5) is 4.39 Å². The molecule has 0 unspecified atom stereocenters. The van der Waals surface area contributed by atoms with Crippen LogP contribution in [-0.2, 0) is 10.0 Å². The number of nitrogens with two attached hydrogens (primary N) is 1. The molecule has 0 aliphatic carbocycles. The van der Waals surface area contributed by atoms with E-state index >= 15 is 0 Å². The first kappa shape index (κ1) is 16.0. The Morgan fingerprint density at radius 2 is 2.11 bits per heavy atom. The van der Waals surface area contributed by atoms with Crippen molar-refractivity contribution in [3.8, 4) is 0 Å². The lowest BCUT2D eigenvalue weighted by atomic mass is 10.2. The summed E-state index contributed by atoms with van der Waals surface area (Å²) >= 11 is 4.74. The number of aryl methyl sites for hydroxylation is 1. The molecule has 0 aliphatic rings. The molecule has 2 N–H and O–H groups in total. The van der Waals surface area contributed by atoms with E-state index in [4.69, 9.17) is 18.0 Å². The number of hydrogen-bond acceptors (Lipinski definition) is 3. The van der Waals surface area contributed by atoms with Crippen molar-refractivity contribution in [3.05, 3.63) is 29.6 Å². The van der Waals surface area contributed by atoms with Crippen molar-refractivity contribution >= 4 is 27.2 Å². The van der Waals surface area contributed by atoms with Gasteiger partial charge >= 0.3 is 0 Å². The van der Waals surface area contributed by atoms with Gasteiger partial charge in [-0.3, -0.25) is 0 Å². The Kier molecular flexibility index (Phi) is 5.39. The molecule has 0 radical (unpaired) electrons. The van der Waals surface area contributed by atoms with Gasteiger partial charge in [0.15, 0.2) is 0 Å². The summed E-state index contributed by atoms with van der Waals surface area (Å²) in [5.41, 5.74) is 5.89. The van der Waals surface area contributed by atoms with Crippen molar-refractivity contribution in [2.75, 3.05) is 13.1 Å². The molecule has 0 aromatic heterocycles. The molecule has 0 saturated heterocycles. The van der Waals surface area contributed by atoms with Crippen molar-refractivity contribution in [2.45, 2.75) is 25.2 Å². The molecule has 0 bridgehead atoms. The second-order valence-electron chi connectivity index (χ2n) is 4.12. The maximum atomic E-state index is 13.2. The van der Waals surface area contributed by atoms with Crippen LogP contribution in [0.5, 0.6) is 0 Å². The van der Waals surface area contributed by atoms with Crippen LogP contribution < -0.4 is 5.73 Å². The fourth-order valence-corrected chi connectivity index (χ4v) is 3.45. The number of rotatable bonds is 6. The first-order valence-corrected chi connectivity index (χ1v) is 7.68. The SMILES string of the molecule is CCN(CCC(N)=S)S(=O)(=O)c1cc(F)ccc1C. The van der Waals surface area contributed by atoms with Gasteiger partial charge in [0, 0.05) is 19.5 Å². The third kappa shape index (κ3) is 3.95. The van der Waals surface area contributed by atoms with Crippen LogP contribution in [0.15, 0.2) is 23.1 Å². The van der Waals surface area contributed by atoms with Gasteiger partial charge in [-0.2, -0.15) is 4.31 Å². The van der Waals surface area contributed by atoms with E-state index in [1.165, 1.54) is 16.4 Å². The molecular formula is C12H17FN2O2S2. The van der Waals surface area contributed by atoms with E-state index in [1.54, 1.807) is 13.8 Å². The third-order valence-corrected chi connectivity index (χ3v) is 5.05. The molecule has 19 heavy (non-hydrogen) atoms. The number of sulfonamides is 1. The molecule has 1 aromatic carbocycles. The van der Waals surface area contributed by atoms with Crippen molar-refractivity contribution in [2.24, 2.45) is 5.73 Å². The van der Waals surface area contributed by atoms with Gasteiger partial charge in [-0.1, -0.05) is 25.2 Å². The Labute approximate surface area is 118 Å². The van der Waals surface area contributed by atoms with Crippen LogP contribution in [-0.4, -0.2) is 30.8 Å². The second kappa shape index (κ2) is 6.40. The zero-order valence-electron chi connectivity index (χ0n) is 10.9. The molecule has 0 saturated carbocycles. The summed E-state index contributed by atoms with van der Waals surface area (Å²) in [5, 5.41) is 0. The molecule has 0 aliphatic heterocycles. The minimum absolute atomic E-state index is 0.0164. The quantitative estimate of drug-likeness (QED) is 0.814. The van der Waals surface area contributed by atoms with Crippen LogP contribution in [0, 0.1) is 12.7 Å². The van der Waals surface area contributed by atoms with Crippen molar-refractivity contribution in [3.63, 3.8) is 0 Å². The zero-order chi connectivity index (χ0) is 14.6. The summed E-state index contributed by atoms with van der Waals surface area (Å²) in [7, 11) is -3.72. The fourth-order valence-electron chi connectivity index (χ4n) is 1.67. The van der Waals surface area contributed by atoms with E-state index in [0.717, 1.165) is 6.07 Å². The first-order valence-electron chi connectivity index (χ1n) is 5.83. The van der Waals surface area contributed by atoms with Crippen LogP contribution in [0.1, 0.15) is 18.9 Å². The van der Waals surface area contributed by atoms with E-state index in [9.17, 15) is 12.8 Å². The Balaban J connectivity index is 3.13. The van der Waals surface area contributed by atoms with Crippen LogP contribution in [0.25, 0.3) is 0 Å². The average molecular weight is 304 g/mol. The molecule has 1 aromatic rings. The summed E-state index contributed by atoms with van der Waals surface area (Å²) in [6.45, 7) is 3.82. The highest BCUT2D eigenvalue weighted by atomic mass is 32.2. The summed E-state index contributed by atoms with van der Waals surface area (Å²) in [6.07, 6.45) is 0.302. The Morgan fingerprint density at radius 1 is 1.47 bits per heavy atom. The predicted octanol–water partition coefficient (Wildman–Crippen LogP) is 1.82. The molecular weight excluding hydrogens is 287 g/mol. The number of nitrogens with zero attached hydrogens (tertiary/aromatic N) is 1.